The van der Waals surface area contributed by atoms with Crippen molar-refractivity contribution in [3.63, 3.8) is 0 Å². The smallest absolute Gasteiger partial charge is 0.169 e. The van der Waals surface area contributed by atoms with E-state index in [0.717, 1.165) is 28.6 Å². The van der Waals surface area contributed by atoms with Crippen molar-refractivity contribution in [1.82, 2.24) is 20.0 Å². The van der Waals surface area contributed by atoms with Gasteiger partial charge in [-0.25, -0.2) is 4.68 Å². The van der Waals surface area contributed by atoms with Crippen LogP contribution in [0.4, 0.5) is 5.82 Å². The SMILES string of the molecule is CCc1c(N)nnn1-c1cccc2ccncc12. The summed E-state index contributed by atoms with van der Waals surface area (Å²) >= 11 is 0. The van der Waals surface area contributed by atoms with Crippen LogP contribution in [0.5, 0.6) is 0 Å². The second kappa shape index (κ2) is 4.10. The van der Waals surface area contributed by atoms with E-state index in [9.17, 15) is 0 Å². The number of hydrogen-bond acceptors (Lipinski definition) is 4. The van der Waals surface area contributed by atoms with E-state index in [1.54, 1.807) is 10.9 Å². The number of nitrogen functional groups attached to an aromatic ring is 1. The monoisotopic (exact) mass is 239 g/mol. The summed E-state index contributed by atoms with van der Waals surface area (Å²) in [5.74, 6) is 0.485. The van der Waals surface area contributed by atoms with Gasteiger partial charge in [-0.1, -0.05) is 24.3 Å². The van der Waals surface area contributed by atoms with Gasteiger partial charge < -0.3 is 5.73 Å². The highest BCUT2D eigenvalue weighted by Crippen LogP contribution is 2.23. The van der Waals surface area contributed by atoms with E-state index in [4.69, 9.17) is 5.73 Å². The Morgan fingerprint density at radius 3 is 3.00 bits per heavy atom. The molecule has 2 N–H and O–H groups in total. The average molecular weight is 239 g/mol. The van der Waals surface area contributed by atoms with Crippen molar-refractivity contribution in [2.45, 2.75) is 13.3 Å². The number of aromatic nitrogens is 4. The Kier molecular flexibility index (Phi) is 2.44. The maximum atomic E-state index is 5.82. The highest BCUT2D eigenvalue weighted by Gasteiger charge is 2.11. The molecule has 0 unspecified atom stereocenters. The number of anilines is 1. The number of nitrogens with two attached hydrogens (primary N) is 1. The first-order valence-electron chi connectivity index (χ1n) is 5.84. The van der Waals surface area contributed by atoms with Gasteiger partial charge in [0.15, 0.2) is 5.82 Å². The zero-order valence-corrected chi connectivity index (χ0v) is 10.0. The molecule has 0 spiro atoms. The Bertz CT molecular complexity index is 696. The topological polar surface area (TPSA) is 69.6 Å². The Labute approximate surface area is 104 Å². The summed E-state index contributed by atoms with van der Waals surface area (Å²) in [5, 5.41) is 10.2. The molecule has 0 aliphatic carbocycles. The fraction of sp³-hybridized carbons (Fsp3) is 0.154. The summed E-state index contributed by atoms with van der Waals surface area (Å²) in [6, 6.07) is 8.02. The molecule has 0 amide bonds. The van der Waals surface area contributed by atoms with Crippen LogP contribution in [0, 0.1) is 0 Å². The van der Waals surface area contributed by atoms with Crippen molar-refractivity contribution < 1.29 is 0 Å². The molecule has 5 heteroatoms. The Hall–Kier alpha value is -2.43. The molecule has 2 aromatic heterocycles. The van der Waals surface area contributed by atoms with Gasteiger partial charge in [0.25, 0.3) is 0 Å². The summed E-state index contributed by atoms with van der Waals surface area (Å²) in [5.41, 5.74) is 7.71. The first-order valence-corrected chi connectivity index (χ1v) is 5.84. The highest BCUT2D eigenvalue weighted by molar-refractivity contribution is 5.89. The number of pyridine rings is 1. The lowest BCUT2D eigenvalue weighted by atomic mass is 10.1. The molecule has 0 radical (unpaired) electrons. The maximum absolute atomic E-state index is 5.82. The van der Waals surface area contributed by atoms with Crippen LogP contribution in [-0.2, 0) is 6.42 Å². The van der Waals surface area contributed by atoms with E-state index in [2.05, 4.69) is 15.3 Å². The number of hydrogen-bond donors (Lipinski definition) is 1. The minimum atomic E-state index is 0.485. The first kappa shape index (κ1) is 10.7. The van der Waals surface area contributed by atoms with Crippen LogP contribution in [0.2, 0.25) is 0 Å². The van der Waals surface area contributed by atoms with Gasteiger partial charge in [0.1, 0.15) is 0 Å². The van der Waals surface area contributed by atoms with Crippen LogP contribution >= 0.6 is 0 Å². The van der Waals surface area contributed by atoms with E-state index < -0.39 is 0 Å². The minimum Gasteiger partial charge on any atom is -0.381 e. The highest BCUT2D eigenvalue weighted by atomic mass is 15.4. The van der Waals surface area contributed by atoms with Crippen molar-refractivity contribution in [1.29, 1.82) is 0 Å². The molecule has 0 saturated carbocycles. The van der Waals surface area contributed by atoms with Crippen molar-refractivity contribution >= 4 is 16.6 Å². The zero-order chi connectivity index (χ0) is 12.5. The summed E-state index contributed by atoms with van der Waals surface area (Å²) < 4.78 is 1.79. The molecule has 0 aliphatic heterocycles. The summed E-state index contributed by atoms with van der Waals surface area (Å²) in [6.45, 7) is 2.04. The Balaban J connectivity index is 2.31. The lowest BCUT2D eigenvalue weighted by molar-refractivity contribution is 0.771. The van der Waals surface area contributed by atoms with Crippen LogP contribution in [0.25, 0.3) is 16.5 Å². The molecule has 18 heavy (non-hydrogen) atoms. The molecule has 3 aromatic rings. The fourth-order valence-corrected chi connectivity index (χ4v) is 2.12. The summed E-state index contributed by atoms with van der Waals surface area (Å²) in [6.07, 6.45) is 4.40. The van der Waals surface area contributed by atoms with Crippen molar-refractivity contribution in [2.24, 2.45) is 0 Å². The van der Waals surface area contributed by atoms with Crippen LogP contribution in [0.1, 0.15) is 12.6 Å². The predicted octanol–water partition coefficient (Wildman–Crippen LogP) is 1.96. The van der Waals surface area contributed by atoms with Gasteiger partial charge in [-0.15, -0.1) is 5.10 Å². The lowest BCUT2D eigenvalue weighted by Gasteiger charge is -2.08. The molecular weight excluding hydrogens is 226 g/mol. The fourth-order valence-electron chi connectivity index (χ4n) is 2.12. The summed E-state index contributed by atoms with van der Waals surface area (Å²) in [7, 11) is 0. The van der Waals surface area contributed by atoms with Crippen LogP contribution < -0.4 is 5.73 Å². The number of rotatable bonds is 2. The second-order valence-electron chi connectivity index (χ2n) is 4.06. The van der Waals surface area contributed by atoms with E-state index in [-0.39, 0.29) is 0 Å². The first-order chi connectivity index (χ1) is 8.81. The molecule has 3 rings (SSSR count). The number of benzene rings is 1. The zero-order valence-electron chi connectivity index (χ0n) is 10.0. The van der Waals surface area contributed by atoms with E-state index in [0.29, 0.717) is 5.82 Å². The van der Waals surface area contributed by atoms with Crippen LogP contribution in [-0.4, -0.2) is 20.0 Å². The quantitative estimate of drug-likeness (QED) is 0.742. The molecule has 5 nitrogen and oxygen atoms in total. The van der Waals surface area contributed by atoms with Crippen molar-refractivity contribution in [2.75, 3.05) is 5.73 Å². The molecule has 0 bridgehead atoms. The standard InChI is InChI=1S/C13H13N5/c1-2-11-13(14)16-17-18(11)12-5-3-4-9-6-7-15-8-10(9)12/h3-8H,2,14H2,1H3. The number of nitrogens with zero attached hydrogens (tertiary/aromatic N) is 4. The van der Waals surface area contributed by atoms with E-state index in [1.165, 1.54) is 0 Å². The third-order valence-electron chi connectivity index (χ3n) is 3.02. The molecular formula is C13H13N5. The van der Waals surface area contributed by atoms with Crippen LogP contribution in [0.3, 0.4) is 0 Å². The van der Waals surface area contributed by atoms with Gasteiger partial charge in [-0.2, -0.15) is 0 Å². The largest absolute Gasteiger partial charge is 0.381 e. The van der Waals surface area contributed by atoms with Gasteiger partial charge >= 0.3 is 0 Å². The second-order valence-corrected chi connectivity index (χ2v) is 4.06. The lowest BCUT2D eigenvalue weighted by Crippen LogP contribution is -2.03. The molecule has 0 atom stereocenters. The Morgan fingerprint density at radius 2 is 2.17 bits per heavy atom. The Morgan fingerprint density at radius 1 is 1.28 bits per heavy atom. The summed E-state index contributed by atoms with van der Waals surface area (Å²) in [4.78, 5) is 4.17. The van der Waals surface area contributed by atoms with Crippen molar-refractivity contribution in [3.05, 3.63) is 42.4 Å². The molecule has 0 saturated heterocycles. The number of fused-ring (bicyclic) bond motifs is 1. The van der Waals surface area contributed by atoms with Gasteiger partial charge in [0.2, 0.25) is 0 Å². The molecule has 2 heterocycles. The third-order valence-corrected chi connectivity index (χ3v) is 3.02. The van der Waals surface area contributed by atoms with Crippen molar-refractivity contribution in [3.8, 4) is 5.69 Å². The van der Waals surface area contributed by atoms with Gasteiger partial charge in [0, 0.05) is 17.8 Å². The third kappa shape index (κ3) is 1.52. The normalized spacial score (nSPS) is 10.9. The van der Waals surface area contributed by atoms with Gasteiger partial charge in [0.05, 0.1) is 11.4 Å². The van der Waals surface area contributed by atoms with Gasteiger partial charge in [-0.05, 0) is 23.9 Å². The molecule has 0 fully saturated rings. The minimum absolute atomic E-state index is 0.485. The van der Waals surface area contributed by atoms with E-state index in [1.807, 2.05) is 37.4 Å². The molecule has 0 aliphatic rings. The average Bonchev–Trinajstić information content (AvgIpc) is 2.79. The predicted molar refractivity (Wildman–Crippen MR) is 70.5 cm³/mol. The molecule has 1 aromatic carbocycles. The maximum Gasteiger partial charge on any atom is 0.169 e. The van der Waals surface area contributed by atoms with E-state index >= 15 is 0 Å². The molecule has 90 valence electrons. The van der Waals surface area contributed by atoms with Gasteiger partial charge in [-0.3, -0.25) is 4.98 Å². The van der Waals surface area contributed by atoms with Crippen LogP contribution in [0.15, 0.2) is 36.7 Å².